The van der Waals surface area contributed by atoms with Gasteiger partial charge in [-0.3, -0.25) is 9.59 Å². The lowest BCUT2D eigenvalue weighted by atomic mass is 10.2. The Kier molecular flexibility index (Phi) is 4.89. The Balaban J connectivity index is 2.83. The minimum absolute atomic E-state index is 0.0592. The molecule has 2 heterocycles. The first-order valence-corrected chi connectivity index (χ1v) is 8.15. The number of hydrogen-bond donors (Lipinski definition) is 1. The van der Waals surface area contributed by atoms with E-state index in [2.05, 4.69) is 5.32 Å². The maximum atomic E-state index is 12.4. The molecule has 0 aliphatic rings. The van der Waals surface area contributed by atoms with E-state index < -0.39 is 5.97 Å². The minimum Gasteiger partial charge on any atom is -0.461 e. The van der Waals surface area contributed by atoms with Crippen LogP contribution >= 0.6 is 11.3 Å². The largest absolute Gasteiger partial charge is 0.461 e. The molecule has 0 aromatic carbocycles. The number of ketones is 1. The Bertz CT molecular complexity index is 801. The summed E-state index contributed by atoms with van der Waals surface area (Å²) in [5, 5.41) is 3.54. The second-order valence-electron chi connectivity index (χ2n) is 5.38. The number of amides is 1. The number of carbonyl (C=O) groups excluding carboxylic acids is 3. The molecule has 124 valence electrons. The van der Waals surface area contributed by atoms with Crippen molar-refractivity contribution in [1.29, 1.82) is 0 Å². The Morgan fingerprint density at radius 2 is 1.87 bits per heavy atom. The lowest BCUT2D eigenvalue weighted by Crippen LogP contribution is -2.18. The number of thiophene rings is 1. The third-order valence-electron chi connectivity index (χ3n) is 3.52. The van der Waals surface area contributed by atoms with Gasteiger partial charge in [-0.05, 0) is 33.3 Å². The van der Waals surface area contributed by atoms with E-state index in [0.29, 0.717) is 5.69 Å². The first-order valence-electron chi connectivity index (χ1n) is 7.34. The van der Waals surface area contributed by atoms with Gasteiger partial charge < -0.3 is 14.6 Å². The van der Waals surface area contributed by atoms with Crippen molar-refractivity contribution in [3.63, 3.8) is 0 Å². The second kappa shape index (κ2) is 6.54. The van der Waals surface area contributed by atoms with Gasteiger partial charge in [0.25, 0.3) is 0 Å². The quantitative estimate of drug-likeness (QED) is 0.851. The summed E-state index contributed by atoms with van der Waals surface area (Å²) in [6.45, 7) is 8.75. The van der Waals surface area contributed by atoms with Gasteiger partial charge in [0.05, 0.1) is 18.8 Å². The molecule has 0 saturated carbocycles. The number of aryl methyl sites for hydroxylation is 2. The molecule has 2 rings (SSSR count). The summed E-state index contributed by atoms with van der Waals surface area (Å²) in [6.07, 6.45) is 0. The van der Waals surface area contributed by atoms with Crippen LogP contribution in [0.5, 0.6) is 0 Å². The SMILES string of the molecule is CCOC(=O)c1c(NC(C)=O)c2c(C)c(C)sc2n1CC(C)=O. The first kappa shape index (κ1) is 17.2. The summed E-state index contributed by atoms with van der Waals surface area (Å²) in [6, 6.07) is 0. The van der Waals surface area contributed by atoms with Crippen molar-refractivity contribution in [2.75, 3.05) is 11.9 Å². The van der Waals surface area contributed by atoms with Crippen molar-refractivity contribution in [3.8, 4) is 0 Å². The van der Waals surface area contributed by atoms with Crippen molar-refractivity contribution < 1.29 is 19.1 Å². The van der Waals surface area contributed by atoms with Gasteiger partial charge in [0, 0.05) is 17.2 Å². The van der Waals surface area contributed by atoms with Crippen LogP contribution in [-0.4, -0.2) is 28.8 Å². The van der Waals surface area contributed by atoms with E-state index in [-0.39, 0.29) is 30.5 Å². The van der Waals surface area contributed by atoms with Crippen LogP contribution in [0.3, 0.4) is 0 Å². The third-order valence-corrected chi connectivity index (χ3v) is 4.75. The van der Waals surface area contributed by atoms with Crippen LogP contribution in [0.4, 0.5) is 5.69 Å². The van der Waals surface area contributed by atoms with E-state index in [0.717, 1.165) is 20.7 Å². The summed E-state index contributed by atoms with van der Waals surface area (Å²) in [7, 11) is 0. The number of Topliss-reactive ketones (excluding diaryl/α,β-unsaturated/α-hetero) is 1. The van der Waals surface area contributed by atoms with Crippen molar-refractivity contribution in [2.45, 2.75) is 41.2 Å². The zero-order chi connectivity index (χ0) is 17.3. The molecule has 1 amide bonds. The third kappa shape index (κ3) is 3.14. The van der Waals surface area contributed by atoms with Gasteiger partial charge in [-0.2, -0.15) is 0 Å². The molecule has 23 heavy (non-hydrogen) atoms. The number of rotatable bonds is 5. The molecule has 0 aliphatic carbocycles. The van der Waals surface area contributed by atoms with Gasteiger partial charge in [0.1, 0.15) is 10.6 Å². The maximum absolute atomic E-state index is 12.4. The molecule has 0 bridgehead atoms. The molecule has 0 saturated heterocycles. The van der Waals surface area contributed by atoms with Crippen LogP contribution in [-0.2, 0) is 20.9 Å². The molecule has 0 atom stereocenters. The van der Waals surface area contributed by atoms with E-state index in [1.54, 1.807) is 11.5 Å². The summed E-state index contributed by atoms with van der Waals surface area (Å²) >= 11 is 1.50. The molecule has 6 nitrogen and oxygen atoms in total. The zero-order valence-corrected chi connectivity index (χ0v) is 14.7. The van der Waals surface area contributed by atoms with Crippen LogP contribution in [0.15, 0.2) is 0 Å². The Morgan fingerprint density at radius 3 is 2.39 bits per heavy atom. The summed E-state index contributed by atoms with van der Waals surface area (Å²) < 4.78 is 6.77. The van der Waals surface area contributed by atoms with Crippen molar-refractivity contribution in [3.05, 3.63) is 16.1 Å². The predicted octanol–water partition coefficient (Wildman–Crippen LogP) is 3.04. The lowest BCUT2D eigenvalue weighted by Gasteiger charge is -2.10. The van der Waals surface area contributed by atoms with E-state index in [4.69, 9.17) is 4.74 Å². The summed E-state index contributed by atoms with van der Waals surface area (Å²) in [5.41, 5.74) is 1.64. The monoisotopic (exact) mass is 336 g/mol. The van der Waals surface area contributed by atoms with E-state index >= 15 is 0 Å². The second-order valence-corrected chi connectivity index (χ2v) is 6.58. The molecule has 0 aliphatic heterocycles. The van der Waals surface area contributed by atoms with Crippen LogP contribution in [0.25, 0.3) is 10.2 Å². The fourth-order valence-electron chi connectivity index (χ4n) is 2.53. The number of ether oxygens (including phenoxy) is 1. The van der Waals surface area contributed by atoms with Crippen LogP contribution in [0, 0.1) is 13.8 Å². The van der Waals surface area contributed by atoms with Gasteiger partial charge >= 0.3 is 5.97 Å². The molecular weight excluding hydrogens is 316 g/mol. The van der Waals surface area contributed by atoms with Crippen molar-refractivity contribution >= 4 is 44.9 Å². The molecule has 0 fully saturated rings. The normalized spacial score (nSPS) is 10.8. The molecular formula is C16H20N2O4S. The highest BCUT2D eigenvalue weighted by atomic mass is 32.1. The number of anilines is 1. The van der Waals surface area contributed by atoms with Gasteiger partial charge in [-0.15, -0.1) is 11.3 Å². The Labute approximate surface area is 138 Å². The highest BCUT2D eigenvalue weighted by molar-refractivity contribution is 7.19. The molecule has 0 unspecified atom stereocenters. The predicted molar refractivity (Wildman–Crippen MR) is 90.2 cm³/mol. The standard InChI is InChI=1S/C16H20N2O4S/c1-6-22-16(21)14-13(17-11(5)20)12-9(3)10(4)23-15(12)18(14)7-8(2)19/h6-7H2,1-5H3,(H,17,20). The Morgan fingerprint density at radius 1 is 1.22 bits per heavy atom. The van der Waals surface area contributed by atoms with E-state index in [1.165, 1.54) is 25.2 Å². The van der Waals surface area contributed by atoms with Crippen molar-refractivity contribution in [2.24, 2.45) is 0 Å². The molecule has 2 aromatic heterocycles. The van der Waals surface area contributed by atoms with Gasteiger partial charge in [-0.1, -0.05) is 0 Å². The topological polar surface area (TPSA) is 77.4 Å². The van der Waals surface area contributed by atoms with E-state index in [9.17, 15) is 14.4 Å². The number of nitrogens with zero attached hydrogens (tertiary/aromatic N) is 1. The lowest BCUT2D eigenvalue weighted by molar-refractivity contribution is -0.117. The van der Waals surface area contributed by atoms with Gasteiger partial charge in [-0.25, -0.2) is 4.79 Å². The van der Waals surface area contributed by atoms with Crippen LogP contribution in [0.2, 0.25) is 0 Å². The fourth-order valence-corrected chi connectivity index (χ4v) is 3.70. The smallest absolute Gasteiger partial charge is 0.357 e. The first-order chi connectivity index (χ1) is 10.8. The molecule has 0 radical (unpaired) electrons. The number of carbonyl (C=O) groups is 3. The van der Waals surface area contributed by atoms with Crippen molar-refractivity contribution in [1.82, 2.24) is 4.57 Å². The highest BCUT2D eigenvalue weighted by Crippen LogP contribution is 2.40. The number of fused-ring (bicyclic) bond motifs is 1. The average Bonchev–Trinajstić information content (AvgIpc) is 2.86. The molecule has 1 N–H and O–H groups in total. The van der Waals surface area contributed by atoms with Crippen LogP contribution < -0.4 is 5.32 Å². The van der Waals surface area contributed by atoms with E-state index in [1.807, 2.05) is 13.8 Å². The molecule has 0 spiro atoms. The number of hydrogen-bond acceptors (Lipinski definition) is 5. The average molecular weight is 336 g/mol. The molecule has 7 heteroatoms. The summed E-state index contributed by atoms with van der Waals surface area (Å²) in [5.74, 6) is -0.899. The highest BCUT2D eigenvalue weighted by Gasteiger charge is 2.28. The van der Waals surface area contributed by atoms with Crippen LogP contribution in [0.1, 0.15) is 41.7 Å². The number of esters is 1. The number of aromatic nitrogens is 1. The Hall–Kier alpha value is -2.15. The maximum Gasteiger partial charge on any atom is 0.357 e. The number of nitrogens with one attached hydrogen (secondary N) is 1. The fraction of sp³-hybridized carbons (Fsp3) is 0.438. The molecule has 2 aromatic rings. The van der Waals surface area contributed by atoms with Gasteiger partial charge in [0.15, 0.2) is 5.69 Å². The zero-order valence-electron chi connectivity index (χ0n) is 13.9. The van der Waals surface area contributed by atoms with Gasteiger partial charge in [0.2, 0.25) is 5.91 Å². The minimum atomic E-state index is -0.544. The summed E-state index contributed by atoms with van der Waals surface area (Å²) in [4.78, 5) is 37.5.